The Morgan fingerprint density at radius 2 is 1.38 bits per heavy atom. The number of carbonyl (C=O) groups excluding carboxylic acids is 2. The highest BCUT2D eigenvalue weighted by atomic mass is 16.3. The summed E-state index contributed by atoms with van der Waals surface area (Å²) < 4.78 is 0. The molecule has 29 heavy (non-hydrogen) atoms. The molecule has 0 spiro atoms. The molecule has 154 valence electrons. The number of carbonyl (C=O) groups is 2. The quantitative estimate of drug-likeness (QED) is 0.603. The summed E-state index contributed by atoms with van der Waals surface area (Å²) >= 11 is 0. The number of phenolic OH excluding ortho intramolecular Hbond substituents is 2. The van der Waals surface area contributed by atoms with Gasteiger partial charge in [-0.05, 0) is 67.5 Å². The minimum atomic E-state index is -0.212. The number of aromatic hydroxyl groups is 2. The Labute approximate surface area is 171 Å². The van der Waals surface area contributed by atoms with Gasteiger partial charge in [0.1, 0.15) is 17.3 Å². The summed E-state index contributed by atoms with van der Waals surface area (Å²) in [6.07, 6.45) is 5.24. The van der Waals surface area contributed by atoms with Crippen LogP contribution in [0, 0.1) is 11.8 Å². The lowest BCUT2D eigenvalue weighted by atomic mass is 9.88. The fraction of sp³-hybridized carbons (Fsp3) is 0.417. The van der Waals surface area contributed by atoms with Crippen LogP contribution in [-0.2, 0) is 22.4 Å². The molecule has 0 radical (unpaired) electrons. The molecule has 0 aromatic heterocycles. The molecular weight excluding hydrogens is 366 g/mol. The van der Waals surface area contributed by atoms with Crippen molar-refractivity contribution < 1.29 is 19.8 Å². The first kappa shape index (κ1) is 20.9. The van der Waals surface area contributed by atoms with Crippen molar-refractivity contribution in [2.24, 2.45) is 11.8 Å². The number of phenols is 2. The Morgan fingerprint density at radius 1 is 0.828 bits per heavy atom. The van der Waals surface area contributed by atoms with Gasteiger partial charge in [0.2, 0.25) is 5.91 Å². The van der Waals surface area contributed by atoms with Crippen LogP contribution < -0.4 is 5.32 Å². The van der Waals surface area contributed by atoms with Gasteiger partial charge in [-0.25, -0.2) is 0 Å². The van der Waals surface area contributed by atoms with Gasteiger partial charge >= 0.3 is 0 Å². The summed E-state index contributed by atoms with van der Waals surface area (Å²) in [6.45, 7) is 0.530. The Balaban J connectivity index is 1.42. The minimum Gasteiger partial charge on any atom is -0.508 e. The van der Waals surface area contributed by atoms with E-state index in [0.29, 0.717) is 19.4 Å². The van der Waals surface area contributed by atoms with Crippen LogP contribution in [-0.4, -0.2) is 28.4 Å². The van der Waals surface area contributed by atoms with Crippen LogP contribution >= 0.6 is 0 Å². The second kappa shape index (κ2) is 10.1. The van der Waals surface area contributed by atoms with Crippen LogP contribution in [0.3, 0.4) is 0 Å². The molecule has 5 heteroatoms. The molecule has 3 N–H and O–H groups in total. The van der Waals surface area contributed by atoms with Crippen molar-refractivity contribution in [3.8, 4) is 11.5 Å². The van der Waals surface area contributed by atoms with E-state index in [1.807, 2.05) is 24.3 Å². The predicted molar refractivity (Wildman–Crippen MR) is 112 cm³/mol. The molecule has 1 aliphatic rings. The monoisotopic (exact) mass is 395 g/mol. The normalized spacial score (nSPS) is 18.5. The van der Waals surface area contributed by atoms with Crippen LogP contribution in [0.5, 0.6) is 11.5 Å². The van der Waals surface area contributed by atoms with E-state index in [1.165, 1.54) is 0 Å². The number of hydrogen-bond acceptors (Lipinski definition) is 4. The fourth-order valence-corrected chi connectivity index (χ4v) is 4.10. The lowest BCUT2D eigenvalue weighted by molar-refractivity contribution is -0.132. The number of nitrogens with one attached hydrogen (secondary N) is 1. The van der Waals surface area contributed by atoms with E-state index in [0.717, 1.165) is 43.2 Å². The third kappa shape index (κ3) is 6.08. The highest BCUT2D eigenvalue weighted by molar-refractivity contribution is 5.89. The van der Waals surface area contributed by atoms with E-state index in [9.17, 15) is 19.8 Å². The maximum Gasteiger partial charge on any atom is 0.223 e. The van der Waals surface area contributed by atoms with Crippen molar-refractivity contribution in [3.05, 3.63) is 59.7 Å². The Bertz CT molecular complexity index is 744. The maximum absolute atomic E-state index is 12.7. The van der Waals surface area contributed by atoms with Crippen molar-refractivity contribution in [1.82, 2.24) is 5.32 Å². The lowest BCUT2D eigenvalue weighted by Gasteiger charge is -2.18. The van der Waals surface area contributed by atoms with Gasteiger partial charge in [0, 0.05) is 24.8 Å². The molecule has 1 amide bonds. The largest absolute Gasteiger partial charge is 0.508 e. The molecule has 5 nitrogen and oxygen atoms in total. The highest BCUT2D eigenvalue weighted by Gasteiger charge is 2.36. The maximum atomic E-state index is 12.7. The molecule has 3 rings (SSSR count). The zero-order valence-corrected chi connectivity index (χ0v) is 16.6. The first-order valence-corrected chi connectivity index (χ1v) is 10.4. The molecule has 2 aromatic carbocycles. The van der Waals surface area contributed by atoms with Crippen LogP contribution in [0.1, 0.15) is 43.2 Å². The van der Waals surface area contributed by atoms with Crippen molar-refractivity contribution in [3.63, 3.8) is 0 Å². The molecule has 1 fully saturated rings. The highest BCUT2D eigenvalue weighted by Crippen LogP contribution is 2.33. The molecule has 1 saturated carbocycles. The van der Waals surface area contributed by atoms with Gasteiger partial charge < -0.3 is 15.5 Å². The average Bonchev–Trinajstić information content (AvgIpc) is 3.21. The summed E-state index contributed by atoms with van der Waals surface area (Å²) in [5, 5.41) is 21.6. The summed E-state index contributed by atoms with van der Waals surface area (Å²) in [6, 6.07) is 14.0. The minimum absolute atomic E-state index is 0.0156. The number of hydrogen-bond donors (Lipinski definition) is 3. The second-order valence-electron chi connectivity index (χ2n) is 7.84. The average molecular weight is 395 g/mol. The van der Waals surface area contributed by atoms with E-state index in [2.05, 4.69) is 5.32 Å². The van der Waals surface area contributed by atoms with Crippen LogP contribution in [0.4, 0.5) is 0 Å². The summed E-state index contributed by atoms with van der Waals surface area (Å²) in [5.41, 5.74) is 2.15. The van der Waals surface area contributed by atoms with Crippen LogP contribution in [0.15, 0.2) is 48.5 Å². The lowest BCUT2D eigenvalue weighted by Crippen LogP contribution is -2.36. The van der Waals surface area contributed by atoms with Gasteiger partial charge in [-0.1, -0.05) is 30.7 Å². The van der Waals surface area contributed by atoms with Gasteiger partial charge in [-0.15, -0.1) is 0 Å². The first-order valence-electron chi connectivity index (χ1n) is 10.4. The SMILES string of the molecule is O=C(CCCc1ccc(O)cc1)[C@@H]1CCC[C@H]1C(=O)NCCc1ccc(O)cc1. The standard InChI is InChI=1S/C24H29NO4/c26-19-11-7-17(8-12-19)3-1-6-23(28)21-4-2-5-22(21)24(29)25-16-15-18-9-13-20(27)14-10-18/h7-14,21-22,26-27H,1-6,15-16H2,(H,25,29)/t21-,22-/m1/s1. The predicted octanol–water partition coefficient (Wildman–Crippen LogP) is 3.76. The zero-order chi connectivity index (χ0) is 20.6. The van der Waals surface area contributed by atoms with E-state index in [4.69, 9.17) is 0 Å². The molecule has 1 aliphatic carbocycles. The number of benzene rings is 2. The third-order valence-electron chi connectivity index (χ3n) is 5.74. The second-order valence-corrected chi connectivity index (χ2v) is 7.84. The van der Waals surface area contributed by atoms with Crippen molar-refractivity contribution >= 4 is 11.7 Å². The number of rotatable bonds is 9. The van der Waals surface area contributed by atoms with E-state index < -0.39 is 0 Å². The van der Waals surface area contributed by atoms with Crippen LogP contribution in [0.2, 0.25) is 0 Å². The third-order valence-corrected chi connectivity index (χ3v) is 5.74. The Hall–Kier alpha value is -2.82. The number of Topliss-reactive ketones (excluding diaryl/α,β-unsaturated/α-hetero) is 1. The van der Waals surface area contributed by atoms with Gasteiger partial charge in [-0.2, -0.15) is 0 Å². The zero-order valence-electron chi connectivity index (χ0n) is 16.6. The van der Waals surface area contributed by atoms with E-state index in [1.54, 1.807) is 24.3 Å². The van der Waals surface area contributed by atoms with Gasteiger partial charge in [0.25, 0.3) is 0 Å². The number of amides is 1. The molecular formula is C24H29NO4. The van der Waals surface area contributed by atoms with Crippen LogP contribution in [0.25, 0.3) is 0 Å². The first-order chi connectivity index (χ1) is 14.0. The summed E-state index contributed by atoms with van der Waals surface area (Å²) in [7, 11) is 0. The summed E-state index contributed by atoms with van der Waals surface area (Å²) in [5.74, 6) is 0.281. The molecule has 2 aromatic rings. The molecule has 2 atom stereocenters. The molecule has 0 aliphatic heterocycles. The van der Waals surface area contributed by atoms with E-state index in [-0.39, 0.29) is 35.0 Å². The fourth-order valence-electron chi connectivity index (χ4n) is 4.10. The van der Waals surface area contributed by atoms with Gasteiger partial charge in [-0.3, -0.25) is 9.59 Å². The molecule has 0 saturated heterocycles. The van der Waals surface area contributed by atoms with Crippen molar-refractivity contribution in [2.75, 3.05) is 6.54 Å². The smallest absolute Gasteiger partial charge is 0.223 e. The van der Waals surface area contributed by atoms with Crippen molar-refractivity contribution in [2.45, 2.75) is 44.9 Å². The molecule has 0 unspecified atom stereocenters. The molecule has 0 bridgehead atoms. The van der Waals surface area contributed by atoms with Crippen molar-refractivity contribution in [1.29, 1.82) is 0 Å². The van der Waals surface area contributed by atoms with Gasteiger partial charge in [0.05, 0.1) is 0 Å². The number of aryl methyl sites for hydroxylation is 1. The Morgan fingerprint density at radius 3 is 2.00 bits per heavy atom. The topological polar surface area (TPSA) is 86.6 Å². The summed E-state index contributed by atoms with van der Waals surface area (Å²) in [4.78, 5) is 25.3. The van der Waals surface area contributed by atoms with E-state index >= 15 is 0 Å². The van der Waals surface area contributed by atoms with Gasteiger partial charge in [0.15, 0.2) is 0 Å². The molecule has 0 heterocycles. The number of ketones is 1. The Kier molecular flexibility index (Phi) is 7.28.